The Labute approximate surface area is 129 Å². The summed E-state index contributed by atoms with van der Waals surface area (Å²) in [7, 11) is 0. The molecular weight excluding hydrogens is 375 g/mol. The molecule has 0 bridgehead atoms. The zero-order chi connectivity index (χ0) is 15.5. The Balaban J connectivity index is 2.13. The molecular formula is C11H7BrF3N3O2S. The summed E-state index contributed by atoms with van der Waals surface area (Å²) in [4.78, 5) is 10.9. The van der Waals surface area contributed by atoms with Crippen LogP contribution in [0.15, 0.2) is 32.9 Å². The number of amidine groups is 1. The van der Waals surface area contributed by atoms with Gasteiger partial charge < -0.3 is 10.1 Å². The summed E-state index contributed by atoms with van der Waals surface area (Å²) in [6.07, 6.45) is -3.52. The molecule has 1 aromatic carbocycles. The van der Waals surface area contributed by atoms with Crippen molar-refractivity contribution < 1.29 is 22.7 Å². The van der Waals surface area contributed by atoms with Gasteiger partial charge in [0.05, 0.1) is 16.4 Å². The van der Waals surface area contributed by atoms with Crippen LogP contribution in [0.5, 0.6) is 5.75 Å². The van der Waals surface area contributed by atoms with Crippen LogP contribution in [0, 0.1) is 0 Å². The van der Waals surface area contributed by atoms with E-state index in [-0.39, 0.29) is 21.9 Å². The fourth-order valence-corrected chi connectivity index (χ4v) is 2.43. The number of nitrogens with one attached hydrogen (secondary N) is 1. The maximum Gasteiger partial charge on any atom is 0.573 e. The van der Waals surface area contributed by atoms with Crippen molar-refractivity contribution >= 4 is 45.0 Å². The predicted octanol–water partition coefficient (Wildman–Crippen LogP) is 2.90. The van der Waals surface area contributed by atoms with Crippen LogP contribution in [0.25, 0.3) is 0 Å². The third-order valence-electron chi connectivity index (χ3n) is 2.15. The molecule has 1 N–H and O–H groups in total. The van der Waals surface area contributed by atoms with Gasteiger partial charge in [-0.25, -0.2) is 0 Å². The standard InChI is InChI=1S/C11H7BrF3N3O2S/c12-9-6(2-1-3-7(9)20-11(13,14)15)4-16-18-10-17-8(19)5-21-10/h1-4H,5H2,(H,17,18,19). The van der Waals surface area contributed by atoms with Crippen molar-refractivity contribution in [3.8, 4) is 5.75 Å². The molecule has 0 spiro atoms. The van der Waals surface area contributed by atoms with E-state index in [1.807, 2.05) is 0 Å². The molecule has 10 heteroatoms. The quantitative estimate of drug-likeness (QED) is 0.646. The molecule has 112 valence electrons. The van der Waals surface area contributed by atoms with E-state index in [1.54, 1.807) is 0 Å². The lowest BCUT2D eigenvalue weighted by Gasteiger charge is -2.11. The van der Waals surface area contributed by atoms with Crippen molar-refractivity contribution in [2.45, 2.75) is 6.36 Å². The second-order valence-corrected chi connectivity index (χ2v) is 5.45. The number of rotatable bonds is 3. The molecule has 1 fully saturated rings. The van der Waals surface area contributed by atoms with Crippen LogP contribution in [0.1, 0.15) is 5.56 Å². The topological polar surface area (TPSA) is 63.0 Å². The lowest BCUT2D eigenvalue weighted by Crippen LogP contribution is -2.19. The van der Waals surface area contributed by atoms with Gasteiger partial charge in [-0.3, -0.25) is 4.79 Å². The van der Waals surface area contributed by atoms with Crippen molar-refractivity contribution in [1.82, 2.24) is 5.32 Å². The van der Waals surface area contributed by atoms with Crippen LogP contribution >= 0.6 is 27.7 Å². The first-order chi connectivity index (χ1) is 9.85. The van der Waals surface area contributed by atoms with Crippen LogP contribution < -0.4 is 10.1 Å². The SMILES string of the molecule is O=C1CSC(=NN=Cc2cccc(OC(F)(F)F)c2Br)N1. The lowest BCUT2D eigenvalue weighted by molar-refractivity contribution is -0.274. The minimum Gasteiger partial charge on any atom is -0.405 e. The van der Waals surface area contributed by atoms with Gasteiger partial charge in [-0.15, -0.1) is 18.3 Å². The number of alkyl halides is 3. The third-order valence-corrected chi connectivity index (χ3v) is 3.86. The van der Waals surface area contributed by atoms with E-state index in [2.05, 4.69) is 36.2 Å². The van der Waals surface area contributed by atoms with Gasteiger partial charge >= 0.3 is 6.36 Å². The molecule has 1 aromatic rings. The summed E-state index contributed by atoms with van der Waals surface area (Å²) in [6, 6.07) is 4.11. The molecule has 1 saturated heterocycles. The molecule has 0 aromatic heterocycles. The predicted molar refractivity (Wildman–Crippen MR) is 76.5 cm³/mol. The molecule has 2 rings (SSSR count). The van der Waals surface area contributed by atoms with Gasteiger partial charge in [0, 0.05) is 5.56 Å². The normalized spacial score (nSPS) is 17.5. The molecule has 1 heterocycles. The average Bonchev–Trinajstić information content (AvgIpc) is 2.78. The van der Waals surface area contributed by atoms with Crippen LogP contribution in [0.3, 0.4) is 0 Å². The minimum atomic E-state index is -4.77. The fourth-order valence-electron chi connectivity index (χ4n) is 1.35. The van der Waals surface area contributed by atoms with Gasteiger partial charge in [-0.2, -0.15) is 5.10 Å². The molecule has 21 heavy (non-hydrogen) atoms. The summed E-state index contributed by atoms with van der Waals surface area (Å²) in [5, 5.41) is 10.3. The van der Waals surface area contributed by atoms with Gasteiger partial charge in [0.2, 0.25) is 5.91 Å². The second-order valence-electron chi connectivity index (χ2n) is 3.69. The number of nitrogens with zero attached hydrogens (tertiary/aromatic N) is 2. The maximum absolute atomic E-state index is 12.2. The van der Waals surface area contributed by atoms with E-state index in [4.69, 9.17) is 0 Å². The summed E-state index contributed by atoms with van der Waals surface area (Å²) in [5.41, 5.74) is 0.357. The number of benzene rings is 1. The third kappa shape index (κ3) is 4.74. The molecule has 0 radical (unpaired) electrons. The first kappa shape index (κ1) is 15.8. The number of thioether (sulfide) groups is 1. The van der Waals surface area contributed by atoms with E-state index in [9.17, 15) is 18.0 Å². The van der Waals surface area contributed by atoms with Crippen molar-refractivity contribution in [2.75, 3.05) is 5.75 Å². The first-order valence-electron chi connectivity index (χ1n) is 5.43. The lowest BCUT2D eigenvalue weighted by atomic mass is 10.2. The largest absolute Gasteiger partial charge is 0.573 e. The van der Waals surface area contributed by atoms with Crippen LogP contribution in [-0.2, 0) is 4.79 Å². The summed E-state index contributed by atoms with van der Waals surface area (Å²) < 4.78 is 40.6. The van der Waals surface area contributed by atoms with E-state index < -0.39 is 6.36 Å². The van der Waals surface area contributed by atoms with Gasteiger partial charge in [0.15, 0.2) is 5.17 Å². The second kappa shape index (κ2) is 6.48. The van der Waals surface area contributed by atoms with Gasteiger partial charge in [-0.05, 0) is 22.0 Å². The molecule has 0 unspecified atom stereocenters. The van der Waals surface area contributed by atoms with Gasteiger partial charge in [-0.1, -0.05) is 23.9 Å². The van der Waals surface area contributed by atoms with Crippen molar-refractivity contribution in [1.29, 1.82) is 0 Å². The molecule has 0 aliphatic carbocycles. The van der Waals surface area contributed by atoms with Crippen LogP contribution in [-0.4, -0.2) is 29.4 Å². The van der Waals surface area contributed by atoms with E-state index >= 15 is 0 Å². The molecule has 1 aliphatic heterocycles. The fraction of sp³-hybridized carbons (Fsp3) is 0.182. The minimum absolute atomic E-state index is 0.106. The van der Waals surface area contributed by atoms with Gasteiger partial charge in [0.1, 0.15) is 5.75 Å². The summed E-state index contributed by atoms with van der Waals surface area (Å²) in [6.45, 7) is 0. The molecule has 0 atom stereocenters. The highest BCUT2D eigenvalue weighted by Crippen LogP contribution is 2.32. The van der Waals surface area contributed by atoms with Crippen molar-refractivity contribution in [3.05, 3.63) is 28.2 Å². The highest BCUT2D eigenvalue weighted by molar-refractivity contribution is 9.10. The Morgan fingerprint density at radius 1 is 1.43 bits per heavy atom. The number of amides is 1. The van der Waals surface area contributed by atoms with E-state index in [0.29, 0.717) is 10.7 Å². The number of halogens is 4. The van der Waals surface area contributed by atoms with Crippen molar-refractivity contribution in [2.24, 2.45) is 10.2 Å². The zero-order valence-corrected chi connectivity index (χ0v) is 12.6. The number of ether oxygens (including phenoxy) is 1. The van der Waals surface area contributed by atoms with Crippen LogP contribution in [0.2, 0.25) is 0 Å². The summed E-state index contributed by atoms with van der Waals surface area (Å²) >= 11 is 4.21. The molecule has 1 amide bonds. The smallest absolute Gasteiger partial charge is 0.405 e. The monoisotopic (exact) mass is 381 g/mol. The maximum atomic E-state index is 12.2. The molecule has 5 nitrogen and oxygen atoms in total. The molecule has 0 saturated carbocycles. The first-order valence-corrected chi connectivity index (χ1v) is 7.21. The zero-order valence-electron chi connectivity index (χ0n) is 10.1. The highest BCUT2D eigenvalue weighted by Gasteiger charge is 2.32. The number of carbonyl (C=O) groups is 1. The number of hydrogen-bond acceptors (Lipinski definition) is 5. The molecule has 1 aliphatic rings. The Morgan fingerprint density at radius 3 is 2.81 bits per heavy atom. The number of hydrogen-bond donors (Lipinski definition) is 1. The Bertz CT molecular complexity index is 619. The average molecular weight is 382 g/mol. The Morgan fingerprint density at radius 2 is 2.19 bits per heavy atom. The Kier molecular flexibility index (Phi) is 4.88. The van der Waals surface area contributed by atoms with Crippen LogP contribution in [0.4, 0.5) is 13.2 Å². The van der Waals surface area contributed by atoms with Gasteiger partial charge in [0.25, 0.3) is 0 Å². The van der Waals surface area contributed by atoms with E-state index in [0.717, 1.165) is 0 Å². The van der Waals surface area contributed by atoms with E-state index in [1.165, 1.54) is 36.2 Å². The van der Waals surface area contributed by atoms with Crippen molar-refractivity contribution in [3.63, 3.8) is 0 Å². The summed E-state index contributed by atoms with van der Waals surface area (Å²) in [5.74, 6) is -0.272. The highest BCUT2D eigenvalue weighted by atomic mass is 79.9. The Hall–Kier alpha value is -1.55. The number of carbonyl (C=O) groups excluding carboxylic acids is 1.